The number of carbonyl (C=O) groups is 2. The fourth-order valence-corrected chi connectivity index (χ4v) is 4.41. The summed E-state index contributed by atoms with van der Waals surface area (Å²) in [7, 11) is 3.02. The van der Waals surface area contributed by atoms with Crippen LogP contribution in [0.4, 0.5) is 0 Å². The standard InChI is InChI=1S/C28H31NO8/c1-6-35-21-14-17(10-11-19(21)36-16(2)3)24-23(26(31)28(32)29(24)12-13-33-4)25(30)22-15-18-8-7-9-20(34-5)27(18)37-22/h7-11,14-16,24,31H,6,12-13H2,1-5H3. The molecule has 9 heteroatoms. The number of para-hydroxylation sites is 1. The Morgan fingerprint density at radius 1 is 1.11 bits per heavy atom. The first-order chi connectivity index (χ1) is 17.8. The van der Waals surface area contributed by atoms with Gasteiger partial charge < -0.3 is 33.4 Å². The van der Waals surface area contributed by atoms with Gasteiger partial charge in [0.15, 0.2) is 34.4 Å². The van der Waals surface area contributed by atoms with E-state index in [1.54, 1.807) is 42.5 Å². The van der Waals surface area contributed by atoms with E-state index in [4.69, 9.17) is 23.4 Å². The van der Waals surface area contributed by atoms with Gasteiger partial charge in [-0.05, 0) is 50.6 Å². The van der Waals surface area contributed by atoms with E-state index < -0.39 is 23.5 Å². The van der Waals surface area contributed by atoms with Gasteiger partial charge in [-0.3, -0.25) is 9.59 Å². The second-order valence-electron chi connectivity index (χ2n) is 8.78. The molecule has 196 valence electrons. The van der Waals surface area contributed by atoms with Crippen LogP contribution >= 0.6 is 0 Å². The molecule has 0 saturated carbocycles. The fraction of sp³-hybridized carbons (Fsp3) is 0.357. The van der Waals surface area contributed by atoms with Crippen LogP contribution in [-0.2, 0) is 9.53 Å². The number of carbonyl (C=O) groups excluding carboxylic acids is 2. The number of benzene rings is 2. The van der Waals surface area contributed by atoms with E-state index >= 15 is 0 Å². The number of hydrogen-bond donors (Lipinski definition) is 1. The van der Waals surface area contributed by atoms with Crippen LogP contribution < -0.4 is 14.2 Å². The van der Waals surface area contributed by atoms with Crippen molar-refractivity contribution in [3.8, 4) is 17.2 Å². The lowest BCUT2D eigenvalue weighted by molar-refractivity contribution is -0.130. The highest BCUT2D eigenvalue weighted by Crippen LogP contribution is 2.42. The molecular weight excluding hydrogens is 478 g/mol. The Labute approximate surface area is 215 Å². The van der Waals surface area contributed by atoms with Crippen LogP contribution in [0.5, 0.6) is 17.2 Å². The summed E-state index contributed by atoms with van der Waals surface area (Å²) in [5.41, 5.74) is 0.892. The van der Waals surface area contributed by atoms with Gasteiger partial charge in [0.1, 0.15) is 0 Å². The summed E-state index contributed by atoms with van der Waals surface area (Å²) in [6.45, 7) is 6.43. The third-order valence-electron chi connectivity index (χ3n) is 5.98. The normalized spacial score (nSPS) is 15.7. The van der Waals surface area contributed by atoms with Crippen molar-refractivity contribution in [2.75, 3.05) is 34.0 Å². The van der Waals surface area contributed by atoms with E-state index in [1.807, 2.05) is 20.8 Å². The molecule has 1 N–H and O–H groups in total. The molecule has 1 atom stereocenters. The van der Waals surface area contributed by atoms with Crippen molar-refractivity contribution in [2.24, 2.45) is 0 Å². The van der Waals surface area contributed by atoms with Crippen LogP contribution in [0.3, 0.4) is 0 Å². The number of amides is 1. The molecule has 0 fully saturated rings. The summed E-state index contributed by atoms with van der Waals surface area (Å²) >= 11 is 0. The summed E-state index contributed by atoms with van der Waals surface area (Å²) < 4.78 is 28.1. The zero-order valence-electron chi connectivity index (χ0n) is 21.6. The van der Waals surface area contributed by atoms with Crippen LogP contribution in [0.15, 0.2) is 58.2 Å². The molecule has 0 radical (unpaired) electrons. The number of rotatable bonds is 11. The molecule has 0 aliphatic carbocycles. The number of ketones is 1. The molecule has 9 nitrogen and oxygen atoms in total. The van der Waals surface area contributed by atoms with Crippen molar-refractivity contribution in [1.82, 2.24) is 4.90 Å². The van der Waals surface area contributed by atoms with Crippen molar-refractivity contribution in [3.63, 3.8) is 0 Å². The van der Waals surface area contributed by atoms with Crippen LogP contribution in [0.25, 0.3) is 11.0 Å². The van der Waals surface area contributed by atoms with Crippen molar-refractivity contribution < 1.29 is 38.1 Å². The Morgan fingerprint density at radius 2 is 1.89 bits per heavy atom. The van der Waals surface area contributed by atoms with Crippen LogP contribution in [-0.4, -0.2) is 61.8 Å². The van der Waals surface area contributed by atoms with Gasteiger partial charge in [0.2, 0.25) is 5.78 Å². The Bertz CT molecular complexity index is 1340. The maximum atomic E-state index is 13.8. The number of hydrogen-bond acceptors (Lipinski definition) is 8. The molecule has 37 heavy (non-hydrogen) atoms. The molecule has 1 aliphatic rings. The SMILES string of the molecule is CCOc1cc(C2C(C(=O)c3cc4cccc(OC)c4o3)=C(O)C(=O)N2CCOC)ccc1OC(C)C. The van der Waals surface area contributed by atoms with Gasteiger partial charge in [0.05, 0.1) is 38.0 Å². The van der Waals surface area contributed by atoms with Crippen molar-refractivity contribution in [3.05, 3.63) is 65.1 Å². The third kappa shape index (κ3) is 4.99. The molecule has 0 spiro atoms. The van der Waals surface area contributed by atoms with E-state index in [0.717, 1.165) is 0 Å². The Balaban J connectivity index is 1.82. The maximum Gasteiger partial charge on any atom is 0.290 e. The van der Waals surface area contributed by atoms with Gasteiger partial charge >= 0.3 is 0 Å². The van der Waals surface area contributed by atoms with Crippen LogP contribution in [0.2, 0.25) is 0 Å². The van der Waals surface area contributed by atoms with E-state index in [0.29, 0.717) is 40.4 Å². The van der Waals surface area contributed by atoms with Crippen LogP contribution in [0, 0.1) is 0 Å². The largest absolute Gasteiger partial charge is 0.503 e. The van der Waals surface area contributed by atoms with Crippen molar-refractivity contribution in [1.29, 1.82) is 0 Å². The molecule has 2 heterocycles. The van der Waals surface area contributed by atoms with Gasteiger partial charge in [-0.2, -0.15) is 0 Å². The summed E-state index contributed by atoms with van der Waals surface area (Å²) in [5.74, 6) is -0.429. The lowest BCUT2D eigenvalue weighted by Gasteiger charge is -2.27. The molecule has 1 aromatic heterocycles. The average molecular weight is 510 g/mol. The minimum Gasteiger partial charge on any atom is -0.503 e. The van der Waals surface area contributed by atoms with E-state index in [2.05, 4.69) is 0 Å². The predicted molar refractivity (Wildman–Crippen MR) is 136 cm³/mol. The number of methoxy groups -OCH3 is 2. The monoisotopic (exact) mass is 509 g/mol. The van der Waals surface area contributed by atoms with Gasteiger partial charge in [0.25, 0.3) is 5.91 Å². The Morgan fingerprint density at radius 3 is 2.57 bits per heavy atom. The van der Waals surface area contributed by atoms with Crippen LogP contribution in [0.1, 0.15) is 42.9 Å². The van der Waals surface area contributed by atoms with E-state index in [1.165, 1.54) is 19.1 Å². The third-order valence-corrected chi connectivity index (χ3v) is 5.98. The van der Waals surface area contributed by atoms with Gasteiger partial charge in [-0.1, -0.05) is 18.2 Å². The van der Waals surface area contributed by atoms with Crippen molar-refractivity contribution in [2.45, 2.75) is 32.9 Å². The fourth-order valence-electron chi connectivity index (χ4n) is 4.41. The minimum absolute atomic E-state index is 0.0164. The highest BCUT2D eigenvalue weighted by Gasteiger charge is 2.44. The highest BCUT2D eigenvalue weighted by molar-refractivity contribution is 6.16. The molecule has 1 amide bonds. The number of fused-ring (bicyclic) bond motifs is 1. The number of aliphatic hydroxyl groups excluding tert-OH is 1. The molecule has 3 aromatic rings. The van der Waals surface area contributed by atoms with Gasteiger partial charge in [0, 0.05) is 19.0 Å². The molecular formula is C28H31NO8. The molecule has 1 unspecified atom stereocenters. The first-order valence-corrected chi connectivity index (χ1v) is 12.1. The second-order valence-corrected chi connectivity index (χ2v) is 8.78. The molecule has 2 aromatic carbocycles. The summed E-state index contributed by atoms with van der Waals surface area (Å²) in [6.07, 6.45) is -0.0810. The number of nitrogens with zero attached hydrogens (tertiary/aromatic N) is 1. The average Bonchev–Trinajstić information content (AvgIpc) is 3.42. The zero-order valence-corrected chi connectivity index (χ0v) is 21.6. The number of aliphatic hydroxyl groups is 1. The van der Waals surface area contributed by atoms with Crippen molar-refractivity contribution >= 4 is 22.7 Å². The highest BCUT2D eigenvalue weighted by atomic mass is 16.5. The maximum absolute atomic E-state index is 13.8. The summed E-state index contributed by atoms with van der Waals surface area (Å²) in [4.78, 5) is 28.3. The minimum atomic E-state index is -0.891. The summed E-state index contributed by atoms with van der Waals surface area (Å²) in [6, 6.07) is 11.2. The lowest BCUT2D eigenvalue weighted by atomic mass is 9.94. The first kappa shape index (κ1) is 26.1. The Kier molecular flexibility index (Phi) is 7.73. The molecule has 1 aliphatic heterocycles. The molecule has 4 rings (SSSR count). The lowest BCUT2D eigenvalue weighted by Crippen LogP contribution is -2.34. The predicted octanol–water partition coefficient (Wildman–Crippen LogP) is 4.85. The topological polar surface area (TPSA) is 108 Å². The number of furan rings is 1. The Hall–Kier alpha value is -3.98. The van der Waals surface area contributed by atoms with E-state index in [-0.39, 0.29) is 30.6 Å². The zero-order chi connectivity index (χ0) is 26.7. The van der Waals surface area contributed by atoms with Gasteiger partial charge in [-0.25, -0.2) is 0 Å². The summed E-state index contributed by atoms with van der Waals surface area (Å²) in [5, 5.41) is 11.6. The number of ether oxygens (including phenoxy) is 4. The second kappa shape index (κ2) is 11.0. The number of Topliss-reactive ketones (excluding diaryl/α,β-unsaturated/α-hetero) is 1. The first-order valence-electron chi connectivity index (χ1n) is 12.1. The smallest absolute Gasteiger partial charge is 0.290 e. The quantitative estimate of drug-likeness (QED) is 0.366. The van der Waals surface area contributed by atoms with Gasteiger partial charge in [-0.15, -0.1) is 0 Å². The molecule has 0 bridgehead atoms. The molecule has 0 saturated heterocycles. The van der Waals surface area contributed by atoms with E-state index in [9.17, 15) is 14.7 Å².